The first-order chi connectivity index (χ1) is 13.6. The van der Waals surface area contributed by atoms with Crippen LogP contribution in [0.4, 0.5) is 10.1 Å². The molecule has 2 atom stereocenters. The van der Waals surface area contributed by atoms with Gasteiger partial charge in [-0.3, -0.25) is 15.0 Å². The summed E-state index contributed by atoms with van der Waals surface area (Å²) in [6, 6.07) is 6.71. The van der Waals surface area contributed by atoms with E-state index in [4.69, 9.17) is 0 Å². The number of amides is 1. The molecule has 1 aromatic carbocycles. The summed E-state index contributed by atoms with van der Waals surface area (Å²) in [5, 5.41) is 15.7. The third-order valence-corrected chi connectivity index (χ3v) is 7.04. The van der Waals surface area contributed by atoms with Gasteiger partial charge in [-0.15, -0.1) is 10.2 Å². The van der Waals surface area contributed by atoms with Gasteiger partial charge >= 0.3 is 0 Å². The quantitative estimate of drug-likeness (QED) is 0.710. The third kappa shape index (κ3) is 4.80. The number of rotatable bonds is 5. The molecular formula is C18H23FN6OS2. The predicted octanol–water partition coefficient (Wildman–Crippen LogP) is 1.66. The average molecular weight is 423 g/mol. The number of benzene rings is 1. The number of hydrogen-bond donors (Lipinski definition) is 2. The van der Waals surface area contributed by atoms with Crippen LogP contribution in [0.25, 0.3) is 0 Å². The van der Waals surface area contributed by atoms with Gasteiger partial charge in [-0.05, 0) is 31.2 Å². The Bertz CT molecular complexity index is 809. The first-order valence-corrected chi connectivity index (χ1v) is 11.1. The molecule has 3 heterocycles. The van der Waals surface area contributed by atoms with Crippen LogP contribution < -0.4 is 15.5 Å². The fraction of sp³-hybridized carbons (Fsp3) is 0.500. The van der Waals surface area contributed by atoms with Crippen LogP contribution >= 0.6 is 23.1 Å². The van der Waals surface area contributed by atoms with Crippen LogP contribution in [-0.2, 0) is 4.79 Å². The molecule has 0 aliphatic carbocycles. The monoisotopic (exact) mass is 422 g/mol. The van der Waals surface area contributed by atoms with Gasteiger partial charge in [0.2, 0.25) is 5.91 Å². The molecule has 2 aliphatic rings. The zero-order valence-corrected chi connectivity index (χ0v) is 17.2. The van der Waals surface area contributed by atoms with Crippen molar-refractivity contribution in [2.75, 3.05) is 36.8 Å². The van der Waals surface area contributed by atoms with Crippen molar-refractivity contribution in [3.63, 3.8) is 0 Å². The molecule has 4 rings (SSSR count). The molecular weight excluding hydrogens is 399 g/mol. The van der Waals surface area contributed by atoms with E-state index in [1.165, 1.54) is 12.1 Å². The van der Waals surface area contributed by atoms with Crippen molar-refractivity contribution in [2.45, 2.75) is 30.0 Å². The van der Waals surface area contributed by atoms with E-state index in [9.17, 15) is 9.18 Å². The minimum absolute atomic E-state index is 0.0729. The number of aryl methyl sites for hydroxylation is 1. The molecule has 0 bridgehead atoms. The lowest BCUT2D eigenvalue weighted by atomic mass is 10.1. The number of carbonyl (C=O) groups excluding carboxylic acids is 1. The number of halogens is 1. The fourth-order valence-corrected chi connectivity index (χ4v) is 5.34. The Balaban J connectivity index is 1.30. The highest BCUT2D eigenvalue weighted by Crippen LogP contribution is 2.24. The van der Waals surface area contributed by atoms with E-state index in [0.29, 0.717) is 6.42 Å². The average Bonchev–Trinajstić information content (AvgIpc) is 3.12. The molecule has 2 aromatic rings. The summed E-state index contributed by atoms with van der Waals surface area (Å²) in [5.74, 6) is 0.640. The minimum Gasteiger partial charge on any atom is -0.369 e. The van der Waals surface area contributed by atoms with E-state index in [1.807, 2.05) is 19.1 Å². The van der Waals surface area contributed by atoms with Crippen LogP contribution in [0.15, 0.2) is 28.6 Å². The Kier molecular flexibility index (Phi) is 6.10. The largest absolute Gasteiger partial charge is 0.369 e. The van der Waals surface area contributed by atoms with Gasteiger partial charge in [0, 0.05) is 50.1 Å². The molecule has 2 N–H and O–H groups in total. The molecule has 2 saturated heterocycles. The Morgan fingerprint density at radius 3 is 2.64 bits per heavy atom. The summed E-state index contributed by atoms with van der Waals surface area (Å²) in [4.78, 5) is 16.7. The predicted molar refractivity (Wildman–Crippen MR) is 109 cm³/mol. The lowest BCUT2D eigenvalue weighted by molar-refractivity contribution is -0.126. The standard InChI is InChI=1S/C18H23FN6OS2/c1-12-22-23-18(28-12)27-11-14-10-16(26)21-17(20-14)25-8-6-24(7-9-25)15-4-2-13(19)3-5-15/h2-5,14,17,20H,6-11H2,1H3,(H,21,26). The lowest BCUT2D eigenvalue weighted by Gasteiger charge is -2.43. The second-order valence-corrected chi connectivity index (χ2v) is 9.38. The van der Waals surface area contributed by atoms with Crippen molar-refractivity contribution in [2.24, 2.45) is 0 Å². The molecule has 28 heavy (non-hydrogen) atoms. The van der Waals surface area contributed by atoms with Gasteiger partial charge in [-0.2, -0.15) is 0 Å². The maximum Gasteiger partial charge on any atom is 0.223 e. The Morgan fingerprint density at radius 1 is 1.21 bits per heavy atom. The Labute approximate surface area is 171 Å². The highest BCUT2D eigenvalue weighted by molar-refractivity contribution is 8.01. The summed E-state index contributed by atoms with van der Waals surface area (Å²) in [5.41, 5.74) is 1.03. The Morgan fingerprint density at radius 2 is 1.96 bits per heavy atom. The molecule has 0 spiro atoms. The zero-order valence-electron chi connectivity index (χ0n) is 15.6. The van der Waals surface area contributed by atoms with Crippen LogP contribution in [-0.4, -0.2) is 65.3 Å². The second-order valence-electron chi connectivity index (χ2n) is 6.94. The number of anilines is 1. The van der Waals surface area contributed by atoms with Crippen molar-refractivity contribution < 1.29 is 9.18 Å². The molecule has 7 nitrogen and oxygen atoms in total. The molecule has 10 heteroatoms. The highest BCUT2D eigenvalue weighted by Gasteiger charge is 2.31. The highest BCUT2D eigenvalue weighted by atomic mass is 32.2. The van der Waals surface area contributed by atoms with E-state index < -0.39 is 0 Å². The SMILES string of the molecule is Cc1nnc(SCC2CC(=O)NC(N3CCN(c4ccc(F)cc4)CC3)N2)s1. The molecule has 1 aromatic heterocycles. The fourth-order valence-electron chi connectivity index (χ4n) is 3.46. The first-order valence-electron chi connectivity index (χ1n) is 9.30. The van der Waals surface area contributed by atoms with Crippen LogP contribution in [0.1, 0.15) is 11.4 Å². The van der Waals surface area contributed by atoms with Crippen LogP contribution in [0.3, 0.4) is 0 Å². The lowest BCUT2D eigenvalue weighted by Crippen LogP contribution is -2.67. The molecule has 2 aliphatic heterocycles. The summed E-state index contributed by atoms with van der Waals surface area (Å²) in [7, 11) is 0. The number of aromatic nitrogens is 2. The number of nitrogens with zero attached hydrogens (tertiary/aromatic N) is 4. The van der Waals surface area contributed by atoms with Gasteiger partial charge in [-0.1, -0.05) is 23.1 Å². The van der Waals surface area contributed by atoms with Gasteiger partial charge in [0.15, 0.2) is 4.34 Å². The first kappa shape index (κ1) is 19.6. The topological polar surface area (TPSA) is 73.4 Å². The maximum atomic E-state index is 13.1. The number of hydrogen-bond acceptors (Lipinski definition) is 8. The maximum absolute atomic E-state index is 13.1. The molecule has 1 amide bonds. The number of nitrogens with one attached hydrogen (secondary N) is 2. The van der Waals surface area contributed by atoms with Gasteiger partial charge < -0.3 is 10.2 Å². The van der Waals surface area contributed by atoms with E-state index in [-0.39, 0.29) is 24.1 Å². The molecule has 150 valence electrons. The van der Waals surface area contributed by atoms with Crippen molar-refractivity contribution in [1.82, 2.24) is 25.7 Å². The van der Waals surface area contributed by atoms with Crippen molar-refractivity contribution in [3.05, 3.63) is 35.1 Å². The van der Waals surface area contributed by atoms with Crippen molar-refractivity contribution in [1.29, 1.82) is 0 Å². The van der Waals surface area contributed by atoms with Crippen LogP contribution in [0, 0.1) is 12.7 Å². The van der Waals surface area contributed by atoms with Gasteiger partial charge in [0.25, 0.3) is 0 Å². The van der Waals surface area contributed by atoms with Crippen molar-refractivity contribution >= 4 is 34.7 Å². The van der Waals surface area contributed by atoms with E-state index in [1.54, 1.807) is 23.1 Å². The van der Waals surface area contributed by atoms with Gasteiger partial charge in [0.05, 0.1) is 0 Å². The number of thioether (sulfide) groups is 1. The van der Waals surface area contributed by atoms with E-state index >= 15 is 0 Å². The molecule has 2 fully saturated rings. The van der Waals surface area contributed by atoms with Gasteiger partial charge in [-0.25, -0.2) is 4.39 Å². The number of piperazine rings is 1. The summed E-state index contributed by atoms with van der Waals surface area (Å²) >= 11 is 3.22. The third-order valence-electron chi connectivity index (χ3n) is 4.91. The van der Waals surface area contributed by atoms with E-state index in [2.05, 4.69) is 30.6 Å². The normalized spacial score (nSPS) is 23.6. The zero-order chi connectivity index (χ0) is 19.5. The van der Waals surface area contributed by atoms with Crippen LogP contribution in [0.2, 0.25) is 0 Å². The van der Waals surface area contributed by atoms with Crippen molar-refractivity contribution in [3.8, 4) is 0 Å². The minimum atomic E-state index is -0.218. The van der Waals surface area contributed by atoms with Crippen LogP contribution in [0.5, 0.6) is 0 Å². The number of carbonyl (C=O) groups is 1. The second kappa shape index (κ2) is 8.73. The summed E-state index contributed by atoms with van der Waals surface area (Å²) < 4.78 is 14.1. The summed E-state index contributed by atoms with van der Waals surface area (Å²) in [6.45, 7) is 5.26. The molecule has 0 saturated carbocycles. The summed E-state index contributed by atoms with van der Waals surface area (Å²) in [6.07, 6.45) is 0.315. The smallest absolute Gasteiger partial charge is 0.223 e. The Hall–Kier alpha value is -1.75. The molecule has 0 radical (unpaired) electrons. The van der Waals surface area contributed by atoms with E-state index in [0.717, 1.165) is 47.0 Å². The molecule has 2 unspecified atom stereocenters. The van der Waals surface area contributed by atoms with Gasteiger partial charge in [0.1, 0.15) is 17.1 Å².